The minimum Gasteiger partial charge on any atom is -0.368 e. The molecule has 4 heteroatoms. The minimum absolute atomic E-state index is 0.131. The van der Waals surface area contributed by atoms with E-state index < -0.39 is 0 Å². The van der Waals surface area contributed by atoms with Crippen LogP contribution in [0.2, 0.25) is 0 Å². The fourth-order valence-corrected chi connectivity index (χ4v) is 4.67. The molecule has 0 aliphatic heterocycles. The lowest BCUT2D eigenvalue weighted by molar-refractivity contribution is -0.0390. The highest BCUT2D eigenvalue weighted by molar-refractivity contribution is 9.10. The maximum Gasteiger partial charge on any atom is 0.126 e. The minimum atomic E-state index is -0.131. The number of hydrogen-bond acceptors (Lipinski definition) is 3. The van der Waals surface area contributed by atoms with Crippen LogP contribution in [0.15, 0.2) is 28.7 Å². The largest absolute Gasteiger partial charge is 0.368 e. The van der Waals surface area contributed by atoms with Gasteiger partial charge in [0.2, 0.25) is 0 Å². The maximum absolute atomic E-state index is 6.14. The molecule has 112 valence electrons. The second kappa shape index (κ2) is 6.19. The Labute approximate surface area is 138 Å². The predicted octanol–water partition coefficient (Wildman–Crippen LogP) is 5.69. The second-order valence-electron chi connectivity index (χ2n) is 5.57. The van der Waals surface area contributed by atoms with Crippen molar-refractivity contribution in [2.45, 2.75) is 45.1 Å². The zero-order valence-electron chi connectivity index (χ0n) is 12.5. The van der Waals surface area contributed by atoms with Crippen molar-refractivity contribution in [1.29, 1.82) is 0 Å². The van der Waals surface area contributed by atoms with Gasteiger partial charge in [0.1, 0.15) is 10.6 Å². The third-order valence-electron chi connectivity index (χ3n) is 4.12. The van der Waals surface area contributed by atoms with E-state index in [0.717, 1.165) is 34.6 Å². The molecule has 0 N–H and O–H groups in total. The highest BCUT2D eigenvalue weighted by Gasteiger charge is 2.39. The molecule has 0 spiro atoms. The van der Waals surface area contributed by atoms with Crippen LogP contribution in [0.25, 0.3) is 11.3 Å². The van der Waals surface area contributed by atoms with Gasteiger partial charge in [0.15, 0.2) is 0 Å². The first-order valence-electron chi connectivity index (χ1n) is 7.52. The van der Waals surface area contributed by atoms with E-state index in [1.807, 2.05) is 6.07 Å². The van der Waals surface area contributed by atoms with Crippen LogP contribution in [-0.2, 0) is 10.3 Å². The second-order valence-corrected chi connectivity index (χ2v) is 7.69. The molecular formula is C17H20BrNOS. The van der Waals surface area contributed by atoms with Crippen molar-refractivity contribution in [2.75, 3.05) is 6.61 Å². The van der Waals surface area contributed by atoms with Crippen molar-refractivity contribution >= 4 is 27.3 Å². The molecule has 0 radical (unpaired) electrons. The van der Waals surface area contributed by atoms with Crippen LogP contribution in [0, 0.1) is 6.92 Å². The number of aryl methyl sites for hydroxylation is 1. The monoisotopic (exact) mass is 365 g/mol. The average Bonchev–Trinajstić information content (AvgIpc) is 3.07. The summed E-state index contributed by atoms with van der Waals surface area (Å²) in [5.74, 6) is 0. The Morgan fingerprint density at radius 1 is 1.33 bits per heavy atom. The van der Waals surface area contributed by atoms with Crippen LogP contribution >= 0.6 is 27.3 Å². The predicted molar refractivity (Wildman–Crippen MR) is 91.8 cm³/mol. The Kier molecular flexibility index (Phi) is 4.48. The first-order chi connectivity index (χ1) is 10.1. The van der Waals surface area contributed by atoms with Gasteiger partial charge in [-0.2, -0.15) is 0 Å². The lowest BCUT2D eigenvalue weighted by Gasteiger charge is -2.26. The molecule has 0 amide bonds. The summed E-state index contributed by atoms with van der Waals surface area (Å²) in [6, 6.07) is 8.36. The molecule has 0 saturated heterocycles. The SMILES string of the molecule is CCOC1(c2nc(-c3cccc(Br)c3)c(C)s2)CCCC1. The quantitative estimate of drug-likeness (QED) is 0.694. The van der Waals surface area contributed by atoms with E-state index in [1.54, 1.807) is 11.3 Å². The van der Waals surface area contributed by atoms with Crippen LogP contribution in [0.1, 0.15) is 42.5 Å². The molecule has 1 heterocycles. The summed E-state index contributed by atoms with van der Waals surface area (Å²) in [6.45, 7) is 4.99. The van der Waals surface area contributed by atoms with Gasteiger partial charge >= 0.3 is 0 Å². The molecule has 2 aromatic rings. The Balaban J connectivity index is 2.01. The van der Waals surface area contributed by atoms with Gasteiger partial charge < -0.3 is 4.74 Å². The first-order valence-corrected chi connectivity index (χ1v) is 9.13. The van der Waals surface area contributed by atoms with Gasteiger partial charge in [0.05, 0.1) is 5.69 Å². The fraction of sp³-hybridized carbons (Fsp3) is 0.471. The van der Waals surface area contributed by atoms with E-state index in [4.69, 9.17) is 9.72 Å². The Morgan fingerprint density at radius 2 is 2.10 bits per heavy atom. The van der Waals surface area contributed by atoms with Crippen LogP contribution in [0.3, 0.4) is 0 Å². The summed E-state index contributed by atoms with van der Waals surface area (Å²) in [6.07, 6.45) is 4.69. The van der Waals surface area contributed by atoms with Crippen molar-refractivity contribution in [3.63, 3.8) is 0 Å². The summed E-state index contributed by atoms with van der Waals surface area (Å²) in [4.78, 5) is 6.24. The van der Waals surface area contributed by atoms with Gasteiger partial charge in [-0.25, -0.2) is 4.98 Å². The third-order valence-corrected chi connectivity index (χ3v) is 5.77. The topological polar surface area (TPSA) is 22.1 Å². The number of aromatic nitrogens is 1. The zero-order chi connectivity index (χ0) is 14.9. The third kappa shape index (κ3) is 2.94. The molecule has 2 nitrogen and oxygen atoms in total. The zero-order valence-corrected chi connectivity index (χ0v) is 14.9. The van der Waals surface area contributed by atoms with Gasteiger partial charge in [0, 0.05) is 21.5 Å². The van der Waals surface area contributed by atoms with E-state index in [-0.39, 0.29) is 5.60 Å². The van der Waals surface area contributed by atoms with Crippen LogP contribution in [0.4, 0.5) is 0 Å². The summed E-state index contributed by atoms with van der Waals surface area (Å²) < 4.78 is 7.24. The van der Waals surface area contributed by atoms with Crippen LogP contribution in [-0.4, -0.2) is 11.6 Å². The van der Waals surface area contributed by atoms with Crippen LogP contribution in [0.5, 0.6) is 0 Å². The first kappa shape index (κ1) is 15.2. The van der Waals surface area contributed by atoms with Gasteiger partial charge in [0.25, 0.3) is 0 Å². The molecule has 0 unspecified atom stereocenters. The van der Waals surface area contributed by atoms with Crippen molar-refractivity contribution < 1.29 is 4.74 Å². The maximum atomic E-state index is 6.14. The average molecular weight is 366 g/mol. The molecule has 1 aliphatic carbocycles. The molecule has 1 saturated carbocycles. The molecule has 3 rings (SSSR count). The van der Waals surface area contributed by atoms with E-state index in [2.05, 4.69) is 48.0 Å². The number of hydrogen-bond donors (Lipinski definition) is 0. The molecule has 1 aliphatic rings. The van der Waals surface area contributed by atoms with Gasteiger partial charge in [-0.05, 0) is 38.8 Å². The van der Waals surface area contributed by atoms with E-state index in [1.165, 1.54) is 23.3 Å². The molecular weight excluding hydrogens is 346 g/mol. The summed E-state index contributed by atoms with van der Waals surface area (Å²) >= 11 is 5.34. The summed E-state index contributed by atoms with van der Waals surface area (Å²) in [5.41, 5.74) is 2.14. The number of rotatable bonds is 4. The van der Waals surface area contributed by atoms with E-state index in [9.17, 15) is 0 Å². The lowest BCUT2D eigenvalue weighted by atomic mass is 10.0. The number of nitrogens with zero attached hydrogens (tertiary/aromatic N) is 1. The molecule has 0 bridgehead atoms. The van der Waals surface area contributed by atoms with Gasteiger partial charge in [-0.3, -0.25) is 0 Å². The van der Waals surface area contributed by atoms with Crippen molar-refractivity contribution in [2.24, 2.45) is 0 Å². The number of ether oxygens (including phenoxy) is 1. The Hall–Kier alpha value is -0.710. The lowest BCUT2D eigenvalue weighted by Crippen LogP contribution is -2.25. The van der Waals surface area contributed by atoms with Gasteiger partial charge in [-0.15, -0.1) is 11.3 Å². The molecule has 0 atom stereocenters. The standard InChI is InChI=1S/C17H20BrNOS/c1-3-20-17(9-4-5-10-17)16-19-15(12(2)21-16)13-7-6-8-14(18)11-13/h6-8,11H,3-5,9-10H2,1-2H3. The van der Waals surface area contributed by atoms with Crippen molar-refractivity contribution in [3.05, 3.63) is 38.6 Å². The molecule has 1 fully saturated rings. The van der Waals surface area contributed by atoms with E-state index in [0.29, 0.717) is 0 Å². The number of halogens is 1. The molecule has 21 heavy (non-hydrogen) atoms. The number of thiazole rings is 1. The highest BCUT2D eigenvalue weighted by atomic mass is 79.9. The van der Waals surface area contributed by atoms with E-state index >= 15 is 0 Å². The van der Waals surface area contributed by atoms with Crippen molar-refractivity contribution in [1.82, 2.24) is 4.98 Å². The van der Waals surface area contributed by atoms with Crippen LogP contribution < -0.4 is 0 Å². The normalized spacial score (nSPS) is 17.3. The molecule has 1 aromatic carbocycles. The highest BCUT2D eigenvalue weighted by Crippen LogP contribution is 2.45. The van der Waals surface area contributed by atoms with Gasteiger partial charge in [-0.1, -0.05) is 40.9 Å². The summed E-state index contributed by atoms with van der Waals surface area (Å²) in [5, 5.41) is 1.16. The smallest absolute Gasteiger partial charge is 0.126 e. The Bertz CT molecular complexity index is 631. The Morgan fingerprint density at radius 3 is 2.76 bits per heavy atom. The molecule has 1 aromatic heterocycles. The van der Waals surface area contributed by atoms with Crippen molar-refractivity contribution in [3.8, 4) is 11.3 Å². The summed E-state index contributed by atoms with van der Waals surface area (Å²) in [7, 11) is 0. The number of benzene rings is 1. The fourth-order valence-electron chi connectivity index (χ4n) is 3.14.